The topological polar surface area (TPSA) is 20.2 Å². The third-order valence-corrected chi connectivity index (χ3v) is 1.60. The van der Waals surface area contributed by atoms with E-state index in [4.69, 9.17) is 5.11 Å². The van der Waals surface area contributed by atoms with E-state index in [9.17, 15) is 0 Å². The van der Waals surface area contributed by atoms with Crippen molar-refractivity contribution in [1.29, 1.82) is 0 Å². The smallest absolute Gasteiger partial charge is 0.0433 e. The van der Waals surface area contributed by atoms with Crippen LogP contribution in [0.5, 0.6) is 0 Å². The van der Waals surface area contributed by atoms with Crippen molar-refractivity contribution in [2.75, 3.05) is 6.61 Å². The fraction of sp³-hybridized carbons (Fsp3) is 0.636. The van der Waals surface area contributed by atoms with Gasteiger partial charge < -0.3 is 5.11 Å². The Morgan fingerprint density at radius 3 is 2.08 bits per heavy atom. The summed E-state index contributed by atoms with van der Waals surface area (Å²) in [6.45, 7) is 2.45. The van der Waals surface area contributed by atoms with Crippen LogP contribution in [-0.4, -0.2) is 11.7 Å². The van der Waals surface area contributed by atoms with Gasteiger partial charge in [0.25, 0.3) is 0 Å². The summed E-state index contributed by atoms with van der Waals surface area (Å²) >= 11 is 0. The highest BCUT2D eigenvalue weighted by molar-refractivity contribution is 4.87. The molecule has 0 saturated heterocycles. The number of aliphatic hydroxyl groups is 1. The van der Waals surface area contributed by atoms with Gasteiger partial charge in [-0.1, -0.05) is 31.2 Å². The van der Waals surface area contributed by atoms with Crippen molar-refractivity contribution in [3.05, 3.63) is 24.3 Å². The van der Waals surface area contributed by atoms with E-state index in [2.05, 4.69) is 31.2 Å². The molecule has 0 aromatic carbocycles. The van der Waals surface area contributed by atoms with Gasteiger partial charge in [0.15, 0.2) is 0 Å². The van der Waals surface area contributed by atoms with E-state index in [1.165, 1.54) is 0 Å². The lowest BCUT2D eigenvalue weighted by atomic mass is 10.2. The standard InChI is InChI=1S/C11H20O/c1-2-3-4-5-6-7-8-9-10-11-12/h3-4,7-8,12H,2,5-6,9-11H2,1H3. The summed E-state index contributed by atoms with van der Waals surface area (Å²) in [6, 6.07) is 0. The predicted octanol–water partition coefficient (Wildman–Crippen LogP) is 3.06. The molecule has 0 aliphatic rings. The number of hydrogen-bond acceptors (Lipinski definition) is 1. The minimum atomic E-state index is 0.306. The first-order chi connectivity index (χ1) is 5.91. The molecular weight excluding hydrogens is 148 g/mol. The van der Waals surface area contributed by atoms with Crippen molar-refractivity contribution >= 4 is 0 Å². The summed E-state index contributed by atoms with van der Waals surface area (Å²) in [6.07, 6.45) is 14.1. The SMILES string of the molecule is CCC=CCCC=CCCCO. The molecule has 1 heteroatoms. The minimum absolute atomic E-state index is 0.306. The molecule has 0 aromatic rings. The fourth-order valence-corrected chi connectivity index (χ4v) is 0.922. The molecule has 12 heavy (non-hydrogen) atoms. The first-order valence-electron chi connectivity index (χ1n) is 4.82. The monoisotopic (exact) mass is 168 g/mol. The Morgan fingerprint density at radius 2 is 1.50 bits per heavy atom. The molecule has 1 N–H and O–H groups in total. The van der Waals surface area contributed by atoms with Crippen molar-refractivity contribution < 1.29 is 5.11 Å². The van der Waals surface area contributed by atoms with E-state index in [1.54, 1.807) is 0 Å². The van der Waals surface area contributed by atoms with Crippen LogP contribution in [0.15, 0.2) is 24.3 Å². The number of rotatable bonds is 7. The molecule has 0 aliphatic heterocycles. The molecule has 0 rings (SSSR count). The molecule has 0 amide bonds. The Hall–Kier alpha value is -0.560. The van der Waals surface area contributed by atoms with E-state index in [-0.39, 0.29) is 0 Å². The maximum absolute atomic E-state index is 8.49. The van der Waals surface area contributed by atoms with Crippen LogP contribution < -0.4 is 0 Å². The highest BCUT2D eigenvalue weighted by Crippen LogP contribution is 1.96. The molecular formula is C11H20O. The Balaban J connectivity index is 3.07. The molecule has 0 unspecified atom stereocenters. The van der Waals surface area contributed by atoms with Crippen molar-refractivity contribution in [1.82, 2.24) is 0 Å². The number of unbranched alkanes of at least 4 members (excludes halogenated alkanes) is 2. The fourth-order valence-electron chi connectivity index (χ4n) is 0.922. The van der Waals surface area contributed by atoms with Crippen molar-refractivity contribution in [3.8, 4) is 0 Å². The maximum atomic E-state index is 8.49. The van der Waals surface area contributed by atoms with Crippen LogP contribution in [0.3, 0.4) is 0 Å². The first-order valence-corrected chi connectivity index (χ1v) is 4.82. The zero-order valence-corrected chi connectivity index (χ0v) is 8.00. The number of allylic oxidation sites excluding steroid dienone is 4. The molecule has 0 saturated carbocycles. The van der Waals surface area contributed by atoms with Gasteiger partial charge in [0.05, 0.1) is 0 Å². The van der Waals surface area contributed by atoms with Gasteiger partial charge in [-0.3, -0.25) is 0 Å². The van der Waals surface area contributed by atoms with Gasteiger partial charge in [-0.05, 0) is 32.1 Å². The second kappa shape index (κ2) is 10.4. The zero-order valence-electron chi connectivity index (χ0n) is 8.00. The van der Waals surface area contributed by atoms with Crippen LogP contribution in [0.4, 0.5) is 0 Å². The second-order valence-corrected chi connectivity index (χ2v) is 2.79. The highest BCUT2D eigenvalue weighted by Gasteiger charge is 1.79. The molecule has 70 valence electrons. The van der Waals surface area contributed by atoms with Crippen LogP contribution in [0, 0.1) is 0 Å². The van der Waals surface area contributed by atoms with Gasteiger partial charge in [0.1, 0.15) is 0 Å². The van der Waals surface area contributed by atoms with Crippen molar-refractivity contribution in [3.63, 3.8) is 0 Å². The molecule has 0 spiro atoms. The van der Waals surface area contributed by atoms with E-state index >= 15 is 0 Å². The molecule has 0 bridgehead atoms. The van der Waals surface area contributed by atoms with Crippen molar-refractivity contribution in [2.45, 2.75) is 39.0 Å². The van der Waals surface area contributed by atoms with E-state index in [1.807, 2.05) is 0 Å². The lowest BCUT2D eigenvalue weighted by Gasteiger charge is -1.88. The molecule has 0 heterocycles. The van der Waals surface area contributed by atoms with Crippen LogP contribution in [-0.2, 0) is 0 Å². The largest absolute Gasteiger partial charge is 0.396 e. The molecule has 0 aromatic heterocycles. The third-order valence-electron chi connectivity index (χ3n) is 1.60. The van der Waals surface area contributed by atoms with E-state index < -0.39 is 0 Å². The lowest BCUT2D eigenvalue weighted by molar-refractivity contribution is 0.289. The Labute approximate surface area is 75.8 Å². The van der Waals surface area contributed by atoms with Gasteiger partial charge in [-0.2, -0.15) is 0 Å². The average molecular weight is 168 g/mol. The van der Waals surface area contributed by atoms with Gasteiger partial charge >= 0.3 is 0 Å². The maximum Gasteiger partial charge on any atom is 0.0433 e. The van der Waals surface area contributed by atoms with Gasteiger partial charge in [0.2, 0.25) is 0 Å². The quantitative estimate of drug-likeness (QED) is 0.457. The molecule has 0 radical (unpaired) electrons. The normalized spacial score (nSPS) is 11.8. The summed E-state index contributed by atoms with van der Waals surface area (Å²) < 4.78 is 0. The second-order valence-electron chi connectivity index (χ2n) is 2.79. The van der Waals surface area contributed by atoms with Crippen LogP contribution in [0.25, 0.3) is 0 Å². The molecule has 1 nitrogen and oxygen atoms in total. The molecule has 0 fully saturated rings. The minimum Gasteiger partial charge on any atom is -0.396 e. The van der Waals surface area contributed by atoms with Gasteiger partial charge in [0, 0.05) is 6.61 Å². The lowest BCUT2D eigenvalue weighted by Crippen LogP contribution is -1.78. The van der Waals surface area contributed by atoms with Gasteiger partial charge in [-0.25, -0.2) is 0 Å². The van der Waals surface area contributed by atoms with Crippen LogP contribution in [0.2, 0.25) is 0 Å². The van der Waals surface area contributed by atoms with Crippen LogP contribution in [0.1, 0.15) is 39.0 Å². The Kier molecular flexibility index (Phi) is 9.95. The summed E-state index contributed by atoms with van der Waals surface area (Å²) in [4.78, 5) is 0. The summed E-state index contributed by atoms with van der Waals surface area (Å²) in [5.41, 5.74) is 0. The Morgan fingerprint density at radius 1 is 0.917 bits per heavy atom. The number of hydrogen-bond donors (Lipinski definition) is 1. The number of aliphatic hydroxyl groups excluding tert-OH is 1. The molecule has 0 atom stereocenters. The predicted molar refractivity (Wildman–Crippen MR) is 54.1 cm³/mol. The Bertz CT molecular complexity index is 125. The molecule has 0 aliphatic carbocycles. The zero-order chi connectivity index (χ0) is 9.07. The third kappa shape index (κ3) is 9.44. The highest BCUT2D eigenvalue weighted by atomic mass is 16.2. The van der Waals surface area contributed by atoms with E-state index in [0.29, 0.717) is 6.61 Å². The van der Waals surface area contributed by atoms with Crippen molar-refractivity contribution in [2.24, 2.45) is 0 Å². The van der Waals surface area contributed by atoms with Gasteiger partial charge in [-0.15, -0.1) is 0 Å². The first kappa shape index (κ1) is 11.4. The van der Waals surface area contributed by atoms with Crippen LogP contribution >= 0.6 is 0 Å². The summed E-state index contributed by atoms with van der Waals surface area (Å²) in [5.74, 6) is 0. The summed E-state index contributed by atoms with van der Waals surface area (Å²) in [7, 11) is 0. The summed E-state index contributed by atoms with van der Waals surface area (Å²) in [5, 5.41) is 8.49. The average Bonchev–Trinajstić information content (AvgIpc) is 2.10. The van der Waals surface area contributed by atoms with E-state index in [0.717, 1.165) is 32.1 Å².